The average molecular weight is 284 g/mol. The van der Waals surface area contributed by atoms with Gasteiger partial charge in [-0.3, -0.25) is 14.9 Å². The molecule has 0 saturated heterocycles. The van der Waals surface area contributed by atoms with Crippen molar-refractivity contribution in [2.75, 3.05) is 5.32 Å². The van der Waals surface area contributed by atoms with E-state index >= 15 is 0 Å². The summed E-state index contributed by atoms with van der Waals surface area (Å²) in [5, 5.41) is 9.04. The molecule has 8 heteroatoms. The highest BCUT2D eigenvalue weighted by molar-refractivity contribution is 6.02. The van der Waals surface area contributed by atoms with Crippen LogP contribution in [-0.4, -0.2) is 21.1 Å². The third-order valence-electron chi connectivity index (χ3n) is 2.81. The van der Waals surface area contributed by atoms with Crippen LogP contribution in [0.4, 0.5) is 19.0 Å². The molecule has 0 aliphatic heterocycles. The highest BCUT2D eigenvalue weighted by Crippen LogP contribution is 2.28. The molecule has 5 nitrogen and oxygen atoms in total. The first-order valence-corrected chi connectivity index (χ1v) is 5.65. The number of amides is 1. The minimum absolute atomic E-state index is 0.113. The number of rotatable bonds is 2. The number of halogens is 3. The molecule has 0 unspecified atom stereocenters. The van der Waals surface area contributed by atoms with E-state index in [0.29, 0.717) is 12.0 Å². The highest BCUT2D eigenvalue weighted by atomic mass is 19.4. The molecule has 0 spiro atoms. The predicted molar refractivity (Wildman–Crippen MR) is 65.3 cm³/mol. The molecule has 2 heterocycles. The van der Waals surface area contributed by atoms with E-state index in [1.807, 2.05) is 0 Å². The Morgan fingerprint density at radius 1 is 1.30 bits per heavy atom. The van der Waals surface area contributed by atoms with Gasteiger partial charge in [0.25, 0.3) is 5.91 Å². The third kappa shape index (κ3) is 2.79. The smallest absolute Gasteiger partial charge is 0.304 e. The van der Waals surface area contributed by atoms with Gasteiger partial charge in [-0.15, -0.1) is 0 Å². The molecule has 2 aromatic heterocycles. The van der Waals surface area contributed by atoms with E-state index < -0.39 is 17.6 Å². The molecule has 2 N–H and O–H groups in total. The van der Waals surface area contributed by atoms with Crippen LogP contribution < -0.4 is 5.32 Å². The summed E-state index contributed by atoms with van der Waals surface area (Å²) in [5.41, 5.74) is 0.532. The number of aryl methyl sites for hydroxylation is 1. The Morgan fingerprint density at radius 3 is 2.45 bits per heavy atom. The number of nitrogens with one attached hydrogen (secondary N) is 2. The van der Waals surface area contributed by atoms with Crippen LogP contribution in [-0.2, 0) is 6.18 Å². The molecule has 0 fully saturated rings. The number of alkyl halides is 3. The second kappa shape index (κ2) is 4.95. The van der Waals surface area contributed by atoms with Crippen LogP contribution in [0, 0.1) is 13.8 Å². The number of anilines is 1. The van der Waals surface area contributed by atoms with Gasteiger partial charge in [0.05, 0.1) is 5.56 Å². The van der Waals surface area contributed by atoms with Gasteiger partial charge in [-0.1, -0.05) is 0 Å². The van der Waals surface area contributed by atoms with Gasteiger partial charge in [0.2, 0.25) is 0 Å². The Kier molecular flexibility index (Phi) is 3.47. The van der Waals surface area contributed by atoms with Crippen LogP contribution in [0.1, 0.15) is 27.3 Å². The molecule has 2 aromatic rings. The van der Waals surface area contributed by atoms with E-state index in [0.717, 1.165) is 23.4 Å². The topological polar surface area (TPSA) is 70.7 Å². The van der Waals surface area contributed by atoms with Gasteiger partial charge in [-0.25, -0.2) is 0 Å². The van der Waals surface area contributed by atoms with Crippen molar-refractivity contribution in [3.05, 3.63) is 40.8 Å². The molecule has 2 rings (SSSR count). The first-order chi connectivity index (χ1) is 9.29. The van der Waals surface area contributed by atoms with E-state index in [1.165, 1.54) is 0 Å². The first kappa shape index (κ1) is 14.0. The van der Waals surface area contributed by atoms with Crippen molar-refractivity contribution in [3.63, 3.8) is 0 Å². The molecule has 0 radical (unpaired) electrons. The summed E-state index contributed by atoms with van der Waals surface area (Å²) in [5.74, 6) is -0.289. The quantitative estimate of drug-likeness (QED) is 0.890. The van der Waals surface area contributed by atoms with Gasteiger partial charge in [-0.05, 0) is 26.0 Å². The van der Waals surface area contributed by atoms with Crippen LogP contribution in [0.15, 0.2) is 18.3 Å². The second-order valence-electron chi connectivity index (χ2n) is 4.21. The molecule has 0 aromatic carbocycles. The molecular weight excluding hydrogens is 273 g/mol. The van der Waals surface area contributed by atoms with Crippen molar-refractivity contribution in [2.24, 2.45) is 0 Å². The maximum Gasteiger partial charge on any atom is 0.417 e. The fourth-order valence-corrected chi connectivity index (χ4v) is 1.47. The van der Waals surface area contributed by atoms with Crippen molar-refractivity contribution in [1.29, 1.82) is 0 Å². The van der Waals surface area contributed by atoms with E-state index in [2.05, 4.69) is 20.5 Å². The number of nitrogens with zero attached hydrogens (tertiary/aromatic N) is 2. The summed E-state index contributed by atoms with van der Waals surface area (Å²) >= 11 is 0. The largest absolute Gasteiger partial charge is 0.417 e. The summed E-state index contributed by atoms with van der Waals surface area (Å²) in [4.78, 5) is 15.3. The molecule has 20 heavy (non-hydrogen) atoms. The number of aromatic amines is 1. The molecule has 0 aliphatic rings. The van der Waals surface area contributed by atoms with Crippen LogP contribution >= 0.6 is 0 Å². The molecule has 0 atom stereocenters. The molecule has 0 saturated carbocycles. The Bertz CT molecular complexity index is 631. The van der Waals surface area contributed by atoms with Gasteiger partial charge in [-0.2, -0.15) is 18.3 Å². The molecular formula is C12H11F3N4O. The number of H-pyrrole nitrogens is 1. The number of hydrogen-bond acceptors (Lipinski definition) is 3. The number of aromatic nitrogens is 3. The second-order valence-corrected chi connectivity index (χ2v) is 4.21. The lowest BCUT2D eigenvalue weighted by Gasteiger charge is -2.07. The maximum atomic E-state index is 12.4. The van der Waals surface area contributed by atoms with Gasteiger partial charge >= 0.3 is 6.18 Å². The molecule has 0 aliphatic carbocycles. The van der Waals surface area contributed by atoms with Gasteiger partial charge in [0.15, 0.2) is 5.82 Å². The van der Waals surface area contributed by atoms with E-state index in [-0.39, 0.29) is 5.69 Å². The number of carbonyl (C=O) groups excluding carboxylic acids is 1. The van der Waals surface area contributed by atoms with Crippen molar-refractivity contribution in [2.45, 2.75) is 20.0 Å². The minimum Gasteiger partial charge on any atom is -0.304 e. The lowest BCUT2D eigenvalue weighted by molar-refractivity contribution is -0.137. The lowest BCUT2D eigenvalue weighted by atomic mass is 10.2. The SMILES string of the molecule is Cc1[nH]nc(NC(=O)c2ccc(C(F)(F)F)cn2)c1C. The minimum atomic E-state index is -4.47. The number of hydrogen-bond donors (Lipinski definition) is 2. The zero-order valence-corrected chi connectivity index (χ0v) is 10.7. The Hall–Kier alpha value is -2.38. The molecule has 0 bridgehead atoms. The van der Waals surface area contributed by atoms with Crippen molar-refractivity contribution < 1.29 is 18.0 Å². The number of pyridine rings is 1. The van der Waals surface area contributed by atoms with Crippen molar-refractivity contribution in [1.82, 2.24) is 15.2 Å². The fraction of sp³-hybridized carbons (Fsp3) is 0.250. The van der Waals surface area contributed by atoms with Crippen molar-refractivity contribution in [3.8, 4) is 0 Å². The first-order valence-electron chi connectivity index (χ1n) is 5.65. The number of carbonyl (C=O) groups is 1. The van der Waals surface area contributed by atoms with Crippen LogP contribution in [0.25, 0.3) is 0 Å². The summed E-state index contributed by atoms with van der Waals surface area (Å²) < 4.78 is 37.1. The Morgan fingerprint density at radius 2 is 2.00 bits per heavy atom. The summed E-state index contributed by atoms with van der Waals surface area (Å²) in [7, 11) is 0. The zero-order chi connectivity index (χ0) is 14.9. The predicted octanol–water partition coefficient (Wildman–Crippen LogP) is 2.69. The normalized spacial score (nSPS) is 11.4. The van der Waals surface area contributed by atoms with E-state index in [1.54, 1.807) is 13.8 Å². The lowest BCUT2D eigenvalue weighted by Crippen LogP contribution is -2.15. The van der Waals surface area contributed by atoms with Gasteiger partial charge < -0.3 is 5.32 Å². The Labute approximate surface area is 112 Å². The van der Waals surface area contributed by atoms with Crippen LogP contribution in [0.2, 0.25) is 0 Å². The maximum absolute atomic E-state index is 12.4. The Balaban J connectivity index is 2.16. The fourth-order valence-electron chi connectivity index (χ4n) is 1.47. The monoisotopic (exact) mass is 284 g/mol. The van der Waals surface area contributed by atoms with Gasteiger partial charge in [0, 0.05) is 17.5 Å². The zero-order valence-electron chi connectivity index (χ0n) is 10.7. The van der Waals surface area contributed by atoms with Crippen molar-refractivity contribution >= 4 is 11.7 Å². The van der Waals surface area contributed by atoms with Gasteiger partial charge in [0.1, 0.15) is 5.69 Å². The third-order valence-corrected chi connectivity index (χ3v) is 2.81. The molecule has 106 valence electrons. The average Bonchev–Trinajstić information content (AvgIpc) is 2.70. The summed E-state index contributed by atoms with van der Waals surface area (Å²) in [6, 6.07) is 1.83. The molecule has 1 amide bonds. The van der Waals surface area contributed by atoms with E-state index in [9.17, 15) is 18.0 Å². The van der Waals surface area contributed by atoms with Crippen LogP contribution in [0.5, 0.6) is 0 Å². The van der Waals surface area contributed by atoms with E-state index in [4.69, 9.17) is 0 Å². The van der Waals surface area contributed by atoms with Crippen LogP contribution in [0.3, 0.4) is 0 Å². The summed E-state index contributed by atoms with van der Waals surface area (Å²) in [6.07, 6.45) is -3.85. The standard InChI is InChI=1S/C12H11F3N4O/c1-6-7(2)18-19-10(6)17-11(20)9-4-3-8(5-16-9)12(13,14)15/h3-5H,1-2H3,(H2,17,18,19,20). The highest BCUT2D eigenvalue weighted by Gasteiger charge is 2.30. The summed E-state index contributed by atoms with van der Waals surface area (Å²) in [6.45, 7) is 3.54.